The van der Waals surface area contributed by atoms with E-state index in [1.54, 1.807) is 12.1 Å². The van der Waals surface area contributed by atoms with Gasteiger partial charge in [0.15, 0.2) is 0 Å². The predicted molar refractivity (Wildman–Crippen MR) is 91.8 cm³/mol. The lowest BCUT2D eigenvalue weighted by atomic mass is 9.78. The van der Waals surface area contributed by atoms with Gasteiger partial charge in [-0.1, -0.05) is 37.2 Å². The van der Waals surface area contributed by atoms with Crippen LogP contribution in [0.1, 0.15) is 43.5 Å². The standard InChI is InChI=1S/C17H26N2O4S/c1-12-7-5-10-16(13(12)2)18-17(20)14-8-6-9-15(11-14)24(21,22)19(3)23-4/h6,8-9,11-13,16H,5,7,10H2,1-4H3,(H,18,20)/t12-,13-,16-/m1/s1. The average Bonchev–Trinajstić information content (AvgIpc) is 2.58. The lowest BCUT2D eigenvalue weighted by Crippen LogP contribution is -2.43. The molecule has 1 fully saturated rings. The number of nitrogens with zero attached hydrogens (tertiary/aromatic N) is 1. The van der Waals surface area contributed by atoms with Crippen LogP contribution < -0.4 is 5.32 Å². The largest absolute Gasteiger partial charge is 0.349 e. The van der Waals surface area contributed by atoms with E-state index in [9.17, 15) is 13.2 Å². The minimum absolute atomic E-state index is 0.0320. The first-order chi connectivity index (χ1) is 11.3. The molecule has 0 spiro atoms. The van der Waals surface area contributed by atoms with Gasteiger partial charge in [0.2, 0.25) is 0 Å². The minimum atomic E-state index is -3.77. The van der Waals surface area contributed by atoms with Crippen LogP contribution in [-0.4, -0.2) is 39.0 Å². The van der Waals surface area contributed by atoms with E-state index in [0.29, 0.717) is 17.4 Å². The summed E-state index contributed by atoms with van der Waals surface area (Å²) in [4.78, 5) is 17.3. The van der Waals surface area contributed by atoms with Crippen molar-refractivity contribution in [2.75, 3.05) is 14.2 Å². The fraction of sp³-hybridized carbons (Fsp3) is 0.588. The first kappa shape index (κ1) is 18.9. The van der Waals surface area contributed by atoms with Crippen LogP contribution in [0.2, 0.25) is 0 Å². The number of benzene rings is 1. The molecule has 1 amide bonds. The number of hydrogen-bond donors (Lipinski definition) is 1. The fourth-order valence-electron chi connectivity index (χ4n) is 3.08. The number of carbonyl (C=O) groups is 1. The van der Waals surface area contributed by atoms with E-state index in [1.807, 2.05) is 0 Å². The third-order valence-electron chi connectivity index (χ3n) is 5.01. The van der Waals surface area contributed by atoms with Crippen LogP contribution in [0.3, 0.4) is 0 Å². The molecular weight excluding hydrogens is 328 g/mol. The zero-order valence-electron chi connectivity index (χ0n) is 14.7. The van der Waals surface area contributed by atoms with Gasteiger partial charge in [-0.25, -0.2) is 8.42 Å². The maximum atomic E-state index is 12.5. The quantitative estimate of drug-likeness (QED) is 0.824. The molecule has 1 aromatic rings. The van der Waals surface area contributed by atoms with E-state index in [4.69, 9.17) is 4.84 Å². The lowest BCUT2D eigenvalue weighted by molar-refractivity contribution is -0.0258. The van der Waals surface area contributed by atoms with Crippen molar-refractivity contribution in [3.05, 3.63) is 29.8 Å². The Morgan fingerprint density at radius 1 is 1.29 bits per heavy atom. The molecular formula is C17H26N2O4S. The molecule has 7 heteroatoms. The van der Waals surface area contributed by atoms with Crippen molar-refractivity contribution in [3.8, 4) is 0 Å². The Morgan fingerprint density at radius 3 is 2.67 bits per heavy atom. The van der Waals surface area contributed by atoms with Crippen molar-refractivity contribution in [3.63, 3.8) is 0 Å². The van der Waals surface area contributed by atoms with Crippen molar-refractivity contribution < 1.29 is 18.0 Å². The highest BCUT2D eigenvalue weighted by Gasteiger charge is 2.29. The number of carbonyl (C=O) groups excluding carboxylic acids is 1. The SMILES string of the molecule is CON(C)S(=O)(=O)c1cccc(C(=O)N[C@@H]2CCC[C@@H](C)[C@H]2C)c1. The van der Waals surface area contributed by atoms with Gasteiger partial charge in [0.1, 0.15) is 0 Å². The van der Waals surface area contributed by atoms with Gasteiger partial charge in [0.05, 0.1) is 12.0 Å². The molecule has 0 saturated heterocycles. The fourth-order valence-corrected chi connectivity index (χ4v) is 4.10. The van der Waals surface area contributed by atoms with Gasteiger partial charge in [0.25, 0.3) is 15.9 Å². The van der Waals surface area contributed by atoms with Gasteiger partial charge in [-0.15, -0.1) is 0 Å². The van der Waals surface area contributed by atoms with Crippen molar-refractivity contribution in [1.29, 1.82) is 0 Å². The van der Waals surface area contributed by atoms with Crippen molar-refractivity contribution in [2.45, 2.75) is 44.0 Å². The molecule has 0 aromatic heterocycles. The molecule has 0 aliphatic heterocycles. The first-order valence-electron chi connectivity index (χ1n) is 8.21. The van der Waals surface area contributed by atoms with Gasteiger partial charge in [-0.05, 0) is 36.5 Å². The molecule has 1 aromatic carbocycles. The third kappa shape index (κ3) is 3.96. The Bertz CT molecular complexity index is 690. The maximum absolute atomic E-state index is 12.5. The molecule has 1 aliphatic carbocycles. The van der Waals surface area contributed by atoms with E-state index in [2.05, 4.69) is 19.2 Å². The summed E-state index contributed by atoms with van der Waals surface area (Å²) in [5.41, 5.74) is 0.339. The van der Waals surface area contributed by atoms with E-state index in [1.165, 1.54) is 32.7 Å². The summed E-state index contributed by atoms with van der Waals surface area (Å²) in [5.74, 6) is 0.749. The zero-order chi connectivity index (χ0) is 17.9. The third-order valence-corrected chi connectivity index (χ3v) is 6.69. The molecule has 24 heavy (non-hydrogen) atoms. The lowest BCUT2D eigenvalue weighted by Gasteiger charge is -2.34. The predicted octanol–water partition coefficient (Wildman–Crippen LogP) is 2.42. The van der Waals surface area contributed by atoms with E-state index in [0.717, 1.165) is 17.3 Å². The second-order valence-electron chi connectivity index (χ2n) is 6.47. The molecule has 3 atom stereocenters. The second kappa shape index (κ2) is 7.63. The summed E-state index contributed by atoms with van der Waals surface area (Å²) in [6.45, 7) is 4.36. The van der Waals surface area contributed by atoms with Crippen molar-refractivity contribution >= 4 is 15.9 Å². The number of amides is 1. The molecule has 0 radical (unpaired) electrons. The smallest absolute Gasteiger partial charge is 0.264 e. The summed E-state index contributed by atoms with van der Waals surface area (Å²) in [6.07, 6.45) is 3.25. The molecule has 0 unspecified atom stereocenters. The Morgan fingerprint density at radius 2 is 2.00 bits per heavy atom. The Labute approximate surface area is 144 Å². The van der Waals surface area contributed by atoms with Crippen LogP contribution in [0.15, 0.2) is 29.2 Å². The molecule has 1 aliphatic rings. The number of sulfonamides is 1. The van der Waals surface area contributed by atoms with Gasteiger partial charge in [-0.3, -0.25) is 9.63 Å². The Balaban J connectivity index is 2.18. The number of hydrogen-bond acceptors (Lipinski definition) is 4. The summed E-state index contributed by atoms with van der Waals surface area (Å²) in [6, 6.07) is 6.16. The minimum Gasteiger partial charge on any atom is -0.349 e. The van der Waals surface area contributed by atoms with Crippen molar-refractivity contribution in [1.82, 2.24) is 9.79 Å². The van der Waals surface area contributed by atoms with Crippen molar-refractivity contribution in [2.24, 2.45) is 11.8 Å². The molecule has 2 rings (SSSR count). The van der Waals surface area contributed by atoms with Gasteiger partial charge in [-0.2, -0.15) is 0 Å². The second-order valence-corrected chi connectivity index (χ2v) is 8.41. The summed E-state index contributed by atoms with van der Waals surface area (Å²) in [5, 5.41) is 3.06. The summed E-state index contributed by atoms with van der Waals surface area (Å²) in [7, 11) is -1.18. The maximum Gasteiger partial charge on any atom is 0.264 e. The van der Waals surface area contributed by atoms with Crippen LogP contribution in [0.25, 0.3) is 0 Å². The van der Waals surface area contributed by atoms with Crippen LogP contribution >= 0.6 is 0 Å². The van der Waals surface area contributed by atoms with E-state index < -0.39 is 10.0 Å². The van der Waals surface area contributed by atoms with Crippen LogP contribution in [0.4, 0.5) is 0 Å². The molecule has 0 bridgehead atoms. The van der Waals surface area contributed by atoms with Crippen LogP contribution in [-0.2, 0) is 14.9 Å². The monoisotopic (exact) mass is 354 g/mol. The Kier molecular flexibility index (Phi) is 6.01. The summed E-state index contributed by atoms with van der Waals surface area (Å²) >= 11 is 0. The number of rotatable bonds is 5. The van der Waals surface area contributed by atoms with Gasteiger partial charge < -0.3 is 5.32 Å². The molecule has 6 nitrogen and oxygen atoms in total. The van der Waals surface area contributed by atoms with Crippen LogP contribution in [0.5, 0.6) is 0 Å². The highest BCUT2D eigenvalue weighted by Crippen LogP contribution is 2.29. The molecule has 0 heterocycles. The van der Waals surface area contributed by atoms with Gasteiger partial charge in [0, 0.05) is 18.7 Å². The van der Waals surface area contributed by atoms with E-state index in [-0.39, 0.29) is 16.8 Å². The number of hydroxylamine groups is 1. The Hall–Kier alpha value is -1.44. The zero-order valence-corrected chi connectivity index (χ0v) is 15.5. The highest BCUT2D eigenvalue weighted by molar-refractivity contribution is 7.89. The molecule has 1 N–H and O–H groups in total. The normalized spacial score (nSPS) is 24.8. The highest BCUT2D eigenvalue weighted by atomic mass is 32.2. The molecule has 1 saturated carbocycles. The van der Waals surface area contributed by atoms with Gasteiger partial charge >= 0.3 is 0 Å². The van der Waals surface area contributed by atoms with E-state index >= 15 is 0 Å². The summed E-state index contributed by atoms with van der Waals surface area (Å²) < 4.78 is 25.4. The topological polar surface area (TPSA) is 75.7 Å². The van der Waals surface area contributed by atoms with Crippen LogP contribution in [0, 0.1) is 11.8 Å². The first-order valence-corrected chi connectivity index (χ1v) is 9.65. The molecule has 134 valence electrons. The number of nitrogens with one attached hydrogen (secondary N) is 1. The average molecular weight is 354 g/mol.